The number of halogens is 1. The van der Waals surface area contributed by atoms with Gasteiger partial charge >= 0.3 is 0 Å². The van der Waals surface area contributed by atoms with Crippen LogP contribution in [0.15, 0.2) is 11.0 Å². The van der Waals surface area contributed by atoms with Crippen LogP contribution in [0.4, 0.5) is 0 Å². The topological polar surface area (TPSA) is 72.5 Å². The van der Waals surface area contributed by atoms with E-state index in [9.17, 15) is 13.2 Å². The normalized spacial score (nSPS) is 23.5. The fraction of sp³-hybridized carbons (Fsp3) is 0.545. The lowest BCUT2D eigenvalue weighted by Crippen LogP contribution is -2.46. The van der Waals surface area contributed by atoms with Gasteiger partial charge in [0.25, 0.3) is 15.0 Å². The van der Waals surface area contributed by atoms with E-state index in [1.165, 1.54) is 6.07 Å². The summed E-state index contributed by atoms with van der Waals surface area (Å²) < 4.78 is 27.9. The minimum Gasteiger partial charge on any atom is -0.379 e. The number of carbonyl (C=O) groups is 1. The van der Waals surface area contributed by atoms with Crippen molar-refractivity contribution in [1.82, 2.24) is 5.32 Å². The molecule has 1 unspecified atom stereocenters. The van der Waals surface area contributed by atoms with Crippen molar-refractivity contribution in [2.24, 2.45) is 0 Å². The standard InChI is InChI=1S/C11H14ClNO4S2/c1-7-9(19(12,15)16)5-8(18-7)10(14)13-11(2)3-4-17-6-11/h5H,3-4,6H2,1-2H3,(H,13,14). The number of nitrogens with one attached hydrogen (secondary N) is 1. The molecule has 0 spiro atoms. The summed E-state index contributed by atoms with van der Waals surface area (Å²) in [5, 5.41) is 2.87. The van der Waals surface area contributed by atoms with Crippen molar-refractivity contribution in [2.75, 3.05) is 13.2 Å². The summed E-state index contributed by atoms with van der Waals surface area (Å²) in [6.45, 7) is 4.60. The van der Waals surface area contributed by atoms with Crippen LogP contribution in [0.2, 0.25) is 0 Å². The molecule has 5 nitrogen and oxygen atoms in total. The van der Waals surface area contributed by atoms with E-state index in [1.807, 2.05) is 6.92 Å². The molecule has 8 heteroatoms. The Morgan fingerprint density at radius 3 is 2.74 bits per heavy atom. The molecule has 1 N–H and O–H groups in total. The van der Waals surface area contributed by atoms with Gasteiger partial charge in [0, 0.05) is 22.2 Å². The molecule has 106 valence electrons. The van der Waals surface area contributed by atoms with Gasteiger partial charge in [-0.25, -0.2) is 8.42 Å². The van der Waals surface area contributed by atoms with Crippen molar-refractivity contribution in [1.29, 1.82) is 0 Å². The second-order valence-corrected chi connectivity index (χ2v) is 8.58. The van der Waals surface area contributed by atoms with Crippen LogP contribution in [0.25, 0.3) is 0 Å². The average Bonchev–Trinajstić information content (AvgIpc) is 2.84. The summed E-state index contributed by atoms with van der Waals surface area (Å²) in [6, 6.07) is 1.32. The van der Waals surface area contributed by atoms with Crippen LogP contribution in [0.5, 0.6) is 0 Å². The highest BCUT2D eigenvalue weighted by molar-refractivity contribution is 8.13. The number of ether oxygens (including phenoxy) is 1. The van der Waals surface area contributed by atoms with Crippen LogP contribution < -0.4 is 5.32 Å². The summed E-state index contributed by atoms with van der Waals surface area (Å²) in [7, 11) is 1.50. The third-order valence-corrected chi connectivity index (χ3v) is 5.62. The molecule has 0 bridgehead atoms. The van der Waals surface area contributed by atoms with Crippen molar-refractivity contribution in [3.8, 4) is 0 Å². The van der Waals surface area contributed by atoms with Crippen LogP contribution in [0.1, 0.15) is 27.9 Å². The van der Waals surface area contributed by atoms with E-state index in [2.05, 4.69) is 5.32 Å². The van der Waals surface area contributed by atoms with Gasteiger partial charge in [-0.05, 0) is 26.3 Å². The van der Waals surface area contributed by atoms with Crippen LogP contribution in [0, 0.1) is 6.92 Å². The predicted molar refractivity (Wildman–Crippen MR) is 73.4 cm³/mol. The van der Waals surface area contributed by atoms with E-state index < -0.39 is 14.6 Å². The SMILES string of the molecule is Cc1sc(C(=O)NC2(C)CCOC2)cc1S(=O)(=O)Cl. The first kappa shape index (κ1) is 14.8. The average molecular weight is 324 g/mol. The monoisotopic (exact) mass is 323 g/mol. The number of aryl methyl sites for hydroxylation is 1. The molecule has 1 aromatic heterocycles. The zero-order chi connectivity index (χ0) is 14.3. The van der Waals surface area contributed by atoms with Gasteiger partial charge in [0.2, 0.25) is 0 Å². The molecule has 1 atom stereocenters. The van der Waals surface area contributed by atoms with E-state index in [4.69, 9.17) is 15.4 Å². The number of hydrogen-bond donors (Lipinski definition) is 1. The van der Waals surface area contributed by atoms with E-state index in [0.717, 1.165) is 17.8 Å². The van der Waals surface area contributed by atoms with Gasteiger partial charge in [0.1, 0.15) is 0 Å². The number of hydrogen-bond acceptors (Lipinski definition) is 5. The lowest BCUT2D eigenvalue weighted by atomic mass is 10.0. The molecule has 19 heavy (non-hydrogen) atoms. The first-order valence-corrected chi connectivity index (χ1v) is 8.79. The summed E-state index contributed by atoms with van der Waals surface area (Å²) in [6.07, 6.45) is 0.740. The molecule has 2 rings (SSSR count). The minimum absolute atomic E-state index is 0.00265. The molecule has 0 radical (unpaired) electrons. The van der Waals surface area contributed by atoms with E-state index >= 15 is 0 Å². The zero-order valence-electron chi connectivity index (χ0n) is 10.5. The van der Waals surface area contributed by atoms with Crippen LogP contribution >= 0.6 is 22.0 Å². The van der Waals surface area contributed by atoms with Gasteiger partial charge in [-0.2, -0.15) is 0 Å². The maximum absolute atomic E-state index is 12.1. The van der Waals surface area contributed by atoms with Crippen LogP contribution in [-0.2, 0) is 13.8 Å². The Bertz CT molecular complexity index is 602. The summed E-state index contributed by atoms with van der Waals surface area (Å²) in [5.41, 5.74) is -0.394. The Morgan fingerprint density at radius 2 is 2.26 bits per heavy atom. The van der Waals surface area contributed by atoms with Gasteiger partial charge in [-0.3, -0.25) is 4.79 Å². The second-order valence-electron chi connectivity index (χ2n) is 4.79. The Balaban J connectivity index is 2.21. The molecule has 0 aliphatic carbocycles. The first-order chi connectivity index (χ1) is 8.71. The number of amides is 1. The van der Waals surface area contributed by atoms with Gasteiger partial charge in [-0.1, -0.05) is 0 Å². The predicted octanol–water partition coefficient (Wildman–Crippen LogP) is 1.89. The van der Waals surface area contributed by atoms with Gasteiger partial charge in [0.15, 0.2) is 0 Å². The highest BCUT2D eigenvalue weighted by Crippen LogP contribution is 2.29. The molecule has 1 saturated heterocycles. The summed E-state index contributed by atoms with van der Waals surface area (Å²) in [4.78, 5) is 12.9. The lowest BCUT2D eigenvalue weighted by molar-refractivity contribution is 0.0894. The third kappa shape index (κ3) is 3.28. The molecule has 1 aromatic rings. The molecule has 1 amide bonds. The maximum Gasteiger partial charge on any atom is 0.262 e. The highest BCUT2D eigenvalue weighted by atomic mass is 35.7. The molecular weight excluding hydrogens is 310 g/mol. The van der Waals surface area contributed by atoms with Crippen LogP contribution in [-0.4, -0.2) is 33.1 Å². The lowest BCUT2D eigenvalue weighted by Gasteiger charge is -2.22. The van der Waals surface area contributed by atoms with Crippen LogP contribution in [0.3, 0.4) is 0 Å². The molecule has 0 aromatic carbocycles. The zero-order valence-corrected chi connectivity index (χ0v) is 12.9. The van der Waals surface area contributed by atoms with Crippen molar-refractivity contribution >= 4 is 37.0 Å². The number of thiophene rings is 1. The maximum atomic E-state index is 12.1. The molecular formula is C11H14ClNO4S2. The van der Waals surface area contributed by atoms with E-state index in [-0.39, 0.29) is 10.8 Å². The molecule has 1 aliphatic rings. The van der Waals surface area contributed by atoms with Crippen molar-refractivity contribution in [2.45, 2.75) is 30.7 Å². The smallest absolute Gasteiger partial charge is 0.262 e. The highest BCUT2D eigenvalue weighted by Gasteiger charge is 2.32. The van der Waals surface area contributed by atoms with Crippen molar-refractivity contribution < 1.29 is 17.9 Å². The quantitative estimate of drug-likeness (QED) is 0.862. The molecule has 1 fully saturated rings. The fourth-order valence-corrected chi connectivity index (χ4v) is 4.48. The first-order valence-electron chi connectivity index (χ1n) is 5.67. The Kier molecular flexibility index (Phi) is 3.92. The molecule has 2 heterocycles. The van der Waals surface area contributed by atoms with E-state index in [0.29, 0.717) is 23.0 Å². The second kappa shape index (κ2) is 5.05. The van der Waals surface area contributed by atoms with E-state index in [1.54, 1.807) is 6.92 Å². The minimum atomic E-state index is -3.81. The van der Waals surface area contributed by atoms with Gasteiger partial charge in [0.05, 0.1) is 21.9 Å². The molecule has 0 saturated carbocycles. The Hall–Kier alpha value is -0.630. The Morgan fingerprint density at radius 1 is 1.58 bits per heavy atom. The van der Waals surface area contributed by atoms with Crippen molar-refractivity contribution in [3.05, 3.63) is 15.8 Å². The summed E-state index contributed by atoms with van der Waals surface area (Å²) in [5.74, 6) is -0.298. The molecule has 1 aliphatic heterocycles. The number of carbonyl (C=O) groups excluding carboxylic acids is 1. The fourth-order valence-electron chi connectivity index (χ4n) is 1.92. The Labute approximate surface area is 120 Å². The van der Waals surface area contributed by atoms with Crippen molar-refractivity contribution in [3.63, 3.8) is 0 Å². The third-order valence-electron chi connectivity index (χ3n) is 2.99. The largest absolute Gasteiger partial charge is 0.379 e. The van der Waals surface area contributed by atoms with Gasteiger partial charge < -0.3 is 10.1 Å². The van der Waals surface area contributed by atoms with Gasteiger partial charge in [-0.15, -0.1) is 11.3 Å². The number of rotatable bonds is 3. The summed E-state index contributed by atoms with van der Waals surface area (Å²) >= 11 is 1.11.